The fourth-order valence-corrected chi connectivity index (χ4v) is 1.39. The second-order valence-electron chi connectivity index (χ2n) is 3.54. The lowest BCUT2D eigenvalue weighted by Crippen LogP contribution is -2.14. The summed E-state index contributed by atoms with van der Waals surface area (Å²) >= 11 is 0. The quantitative estimate of drug-likeness (QED) is 0.745. The number of rotatable bonds is 4. The normalized spacial score (nSPS) is 10.6. The summed E-state index contributed by atoms with van der Waals surface area (Å²) in [5, 5.41) is 0. The monoisotopic (exact) mass is 193 g/mol. The number of anilines is 1. The van der Waals surface area contributed by atoms with Crippen LogP contribution in [0.3, 0.4) is 0 Å². The Morgan fingerprint density at radius 3 is 2.50 bits per heavy atom. The first kappa shape index (κ1) is 10.9. The Balaban J connectivity index is 2.80. The molecule has 0 aliphatic heterocycles. The van der Waals surface area contributed by atoms with Crippen molar-refractivity contribution in [1.82, 2.24) is 0 Å². The number of nitrogen functional groups attached to an aromatic ring is 1. The fourth-order valence-electron chi connectivity index (χ4n) is 1.39. The van der Waals surface area contributed by atoms with Crippen LogP contribution in [0.1, 0.15) is 32.3 Å². The zero-order chi connectivity index (χ0) is 10.6. The molecule has 0 amide bonds. The Labute approximate surface area is 86.1 Å². The highest BCUT2D eigenvalue weighted by Gasteiger charge is 2.08. The SMILES string of the molecule is CCC(CC)Oc1cccc(C)c1N. The van der Waals surface area contributed by atoms with Gasteiger partial charge in [-0.2, -0.15) is 0 Å². The molecule has 0 heterocycles. The van der Waals surface area contributed by atoms with Gasteiger partial charge >= 0.3 is 0 Å². The maximum Gasteiger partial charge on any atom is 0.142 e. The van der Waals surface area contributed by atoms with Gasteiger partial charge in [0.25, 0.3) is 0 Å². The molecule has 1 aromatic carbocycles. The van der Waals surface area contributed by atoms with Crippen LogP contribution in [0.15, 0.2) is 18.2 Å². The molecule has 0 aliphatic rings. The average molecular weight is 193 g/mol. The van der Waals surface area contributed by atoms with Crippen LogP contribution in [0.2, 0.25) is 0 Å². The van der Waals surface area contributed by atoms with Gasteiger partial charge in [-0.25, -0.2) is 0 Å². The number of benzene rings is 1. The summed E-state index contributed by atoms with van der Waals surface area (Å²) in [5.41, 5.74) is 7.76. The molecule has 0 aromatic heterocycles. The number of aryl methyl sites for hydroxylation is 1. The maximum atomic E-state index is 5.92. The molecule has 0 saturated heterocycles. The lowest BCUT2D eigenvalue weighted by Gasteiger charge is -2.17. The minimum Gasteiger partial charge on any atom is -0.488 e. The second-order valence-corrected chi connectivity index (χ2v) is 3.54. The maximum absolute atomic E-state index is 5.92. The van der Waals surface area contributed by atoms with Crippen molar-refractivity contribution < 1.29 is 4.74 Å². The van der Waals surface area contributed by atoms with Gasteiger partial charge in [0.1, 0.15) is 5.75 Å². The third-order valence-electron chi connectivity index (χ3n) is 2.49. The van der Waals surface area contributed by atoms with Crippen LogP contribution in [0.5, 0.6) is 5.75 Å². The van der Waals surface area contributed by atoms with E-state index >= 15 is 0 Å². The molecule has 2 heteroatoms. The number of hydrogen-bond acceptors (Lipinski definition) is 2. The van der Waals surface area contributed by atoms with E-state index in [0.717, 1.165) is 29.8 Å². The highest BCUT2D eigenvalue weighted by Crippen LogP contribution is 2.26. The van der Waals surface area contributed by atoms with Crippen LogP contribution in [0.25, 0.3) is 0 Å². The first-order valence-corrected chi connectivity index (χ1v) is 5.20. The van der Waals surface area contributed by atoms with Gasteiger partial charge in [0, 0.05) is 0 Å². The molecule has 0 unspecified atom stereocenters. The molecule has 0 bridgehead atoms. The van der Waals surface area contributed by atoms with Crippen molar-refractivity contribution in [2.45, 2.75) is 39.7 Å². The molecule has 1 rings (SSSR count). The van der Waals surface area contributed by atoms with E-state index in [4.69, 9.17) is 10.5 Å². The summed E-state index contributed by atoms with van der Waals surface area (Å²) in [7, 11) is 0. The van der Waals surface area contributed by atoms with Crippen LogP contribution >= 0.6 is 0 Å². The van der Waals surface area contributed by atoms with Crippen LogP contribution in [0.4, 0.5) is 5.69 Å². The van der Waals surface area contributed by atoms with E-state index in [0.29, 0.717) is 0 Å². The predicted octanol–water partition coefficient (Wildman–Crippen LogP) is 3.14. The van der Waals surface area contributed by atoms with Gasteiger partial charge in [-0.1, -0.05) is 26.0 Å². The fraction of sp³-hybridized carbons (Fsp3) is 0.500. The first-order valence-electron chi connectivity index (χ1n) is 5.20. The zero-order valence-corrected chi connectivity index (χ0v) is 9.21. The predicted molar refractivity (Wildman–Crippen MR) is 60.6 cm³/mol. The lowest BCUT2D eigenvalue weighted by atomic mass is 10.2. The molecule has 0 atom stereocenters. The van der Waals surface area contributed by atoms with Crippen molar-refractivity contribution in [1.29, 1.82) is 0 Å². The van der Waals surface area contributed by atoms with Crippen LogP contribution in [-0.2, 0) is 0 Å². The van der Waals surface area contributed by atoms with E-state index in [-0.39, 0.29) is 6.10 Å². The molecular weight excluding hydrogens is 174 g/mol. The Morgan fingerprint density at radius 1 is 1.29 bits per heavy atom. The summed E-state index contributed by atoms with van der Waals surface area (Å²) < 4.78 is 5.80. The third kappa shape index (κ3) is 2.41. The molecule has 0 aliphatic carbocycles. The molecular formula is C12H19NO. The van der Waals surface area contributed by atoms with Gasteiger partial charge in [0.15, 0.2) is 0 Å². The van der Waals surface area contributed by atoms with Gasteiger partial charge in [-0.3, -0.25) is 0 Å². The Morgan fingerprint density at radius 2 is 1.93 bits per heavy atom. The van der Waals surface area contributed by atoms with Crippen molar-refractivity contribution in [2.24, 2.45) is 0 Å². The number of ether oxygens (including phenoxy) is 1. The molecule has 14 heavy (non-hydrogen) atoms. The molecule has 2 nitrogen and oxygen atoms in total. The summed E-state index contributed by atoms with van der Waals surface area (Å²) in [5.74, 6) is 0.818. The Kier molecular flexibility index (Phi) is 3.81. The van der Waals surface area contributed by atoms with E-state index in [2.05, 4.69) is 13.8 Å². The van der Waals surface area contributed by atoms with E-state index in [1.54, 1.807) is 0 Å². The summed E-state index contributed by atoms with van der Waals surface area (Å²) in [6.07, 6.45) is 2.31. The number of para-hydroxylation sites is 1. The number of nitrogens with two attached hydrogens (primary N) is 1. The van der Waals surface area contributed by atoms with E-state index in [9.17, 15) is 0 Å². The third-order valence-corrected chi connectivity index (χ3v) is 2.49. The van der Waals surface area contributed by atoms with Gasteiger partial charge in [0.05, 0.1) is 11.8 Å². The molecule has 0 saturated carbocycles. The van der Waals surface area contributed by atoms with Crippen LogP contribution in [0, 0.1) is 6.92 Å². The standard InChI is InChI=1S/C12H19NO/c1-4-10(5-2)14-11-8-6-7-9(3)12(11)13/h6-8,10H,4-5,13H2,1-3H3. The molecule has 0 radical (unpaired) electrons. The highest BCUT2D eigenvalue weighted by molar-refractivity contribution is 5.57. The highest BCUT2D eigenvalue weighted by atomic mass is 16.5. The molecule has 78 valence electrons. The summed E-state index contributed by atoms with van der Waals surface area (Å²) in [6.45, 7) is 6.25. The van der Waals surface area contributed by atoms with Crippen LogP contribution in [-0.4, -0.2) is 6.10 Å². The summed E-state index contributed by atoms with van der Waals surface area (Å²) in [6, 6.07) is 5.90. The zero-order valence-electron chi connectivity index (χ0n) is 9.21. The lowest BCUT2D eigenvalue weighted by molar-refractivity contribution is 0.194. The van der Waals surface area contributed by atoms with Gasteiger partial charge in [-0.05, 0) is 31.4 Å². The van der Waals surface area contributed by atoms with Crippen molar-refractivity contribution in [3.8, 4) is 5.75 Å². The molecule has 1 aromatic rings. The van der Waals surface area contributed by atoms with Gasteiger partial charge in [-0.15, -0.1) is 0 Å². The minimum atomic E-state index is 0.277. The van der Waals surface area contributed by atoms with Crippen molar-refractivity contribution in [3.05, 3.63) is 23.8 Å². The topological polar surface area (TPSA) is 35.2 Å². The van der Waals surface area contributed by atoms with Crippen LogP contribution < -0.4 is 10.5 Å². The molecule has 0 spiro atoms. The van der Waals surface area contributed by atoms with E-state index < -0.39 is 0 Å². The second kappa shape index (κ2) is 4.89. The van der Waals surface area contributed by atoms with Crippen molar-refractivity contribution >= 4 is 5.69 Å². The average Bonchev–Trinajstić information content (AvgIpc) is 2.20. The molecule has 2 N–H and O–H groups in total. The number of hydrogen-bond donors (Lipinski definition) is 1. The van der Waals surface area contributed by atoms with Gasteiger partial charge in [0.2, 0.25) is 0 Å². The summed E-state index contributed by atoms with van der Waals surface area (Å²) in [4.78, 5) is 0. The van der Waals surface area contributed by atoms with E-state index in [1.807, 2.05) is 25.1 Å². The Hall–Kier alpha value is -1.18. The minimum absolute atomic E-state index is 0.277. The smallest absolute Gasteiger partial charge is 0.142 e. The molecule has 0 fully saturated rings. The first-order chi connectivity index (χ1) is 6.69. The van der Waals surface area contributed by atoms with E-state index in [1.165, 1.54) is 0 Å². The Bertz CT molecular complexity index is 292. The van der Waals surface area contributed by atoms with Crippen molar-refractivity contribution in [3.63, 3.8) is 0 Å². The van der Waals surface area contributed by atoms with Crippen molar-refractivity contribution in [2.75, 3.05) is 5.73 Å². The largest absolute Gasteiger partial charge is 0.488 e. The van der Waals surface area contributed by atoms with Gasteiger partial charge < -0.3 is 10.5 Å².